The molecular formula is C28H41N5O8. The fraction of sp³-hybridized carbons (Fsp3) is 0.607. The van der Waals surface area contributed by atoms with Crippen molar-refractivity contribution in [2.45, 2.75) is 76.1 Å². The maximum atomic E-state index is 13.6. The summed E-state index contributed by atoms with van der Waals surface area (Å²) in [5, 5.41) is 32.2. The molecule has 226 valence electrons. The van der Waals surface area contributed by atoms with Crippen LogP contribution in [0.4, 0.5) is 0 Å². The third-order valence-electron chi connectivity index (χ3n) is 7.28. The topological polar surface area (TPSA) is 195 Å². The summed E-state index contributed by atoms with van der Waals surface area (Å²) in [6.45, 7) is 2.86. The smallest absolute Gasteiger partial charge is 0.255 e. The summed E-state index contributed by atoms with van der Waals surface area (Å²) in [7, 11) is 0. The Hall–Kier alpha value is -3.71. The molecule has 13 nitrogen and oxygen atoms in total. The van der Waals surface area contributed by atoms with Crippen LogP contribution in [0.1, 0.15) is 62.7 Å². The second-order valence-corrected chi connectivity index (χ2v) is 10.8. The van der Waals surface area contributed by atoms with Gasteiger partial charge in [-0.25, -0.2) is 0 Å². The molecule has 1 aromatic carbocycles. The first-order valence-corrected chi connectivity index (χ1v) is 14.1. The fourth-order valence-electron chi connectivity index (χ4n) is 4.96. The third kappa shape index (κ3) is 8.64. The van der Waals surface area contributed by atoms with E-state index in [-0.39, 0.29) is 36.9 Å². The van der Waals surface area contributed by atoms with Gasteiger partial charge in [0.15, 0.2) is 0 Å². The molecule has 2 aliphatic rings. The van der Waals surface area contributed by atoms with Crippen molar-refractivity contribution in [3.05, 3.63) is 29.8 Å². The highest BCUT2D eigenvalue weighted by Crippen LogP contribution is 2.29. The van der Waals surface area contributed by atoms with E-state index in [4.69, 9.17) is 9.84 Å². The zero-order valence-corrected chi connectivity index (χ0v) is 23.5. The highest BCUT2D eigenvalue weighted by molar-refractivity contribution is 6.01. The molecule has 1 aromatic rings. The molecule has 41 heavy (non-hydrogen) atoms. The van der Waals surface area contributed by atoms with Crippen LogP contribution in [-0.2, 0) is 19.2 Å². The average molecular weight is 576 g/mol. The predicted octanol–water partition coefficient (Wildman–Crippen LogP) is -0.887. The molecule has 0 unspecified atom stereocenters. The fourth-order valence-corrected chi connectivity index (χ4v) is 4.96. The number of carbonyl (C=O) groups excluding carboxylic acids is 5. The van der Waals surface area contributed by atoms with Crippen LogP contribution in [0.2, 0.25) is 0 Å². The summed E-state index contributed by atoms with van der Waals surface area (Å²) in [4.78, 5) is 66.3. The summed E-state index contributed by atoms with van der Waals surface area (Å²) < 4.78 is 5.75. The normalized spacial score (nSPS) is 23.1. The lowest BCUT2D eigenvalue weighted by molar-refractivity contribution is -0.138. The number of nitrogens with one attached hydrogen (secondary N) is 5. The van der Waals surface area contributed by atoms with Crippen molar-refractivity contribution in [3.63, 3.8) is 0 Å². The first kappa shape index (κ1) is 31.8. The summed E-state index contributed by atoms with van der Waals surface area (Å²) in [5.74, 6) is -3.01. The molecule has 0 saturated heterocycles. The minimum absolute atomic E-state index is 0.0295. The predicted molar refractivity (Wildman–Crippen MR) is 148 cm³/mol. The van der Waals surface area contributed by atoms with Gasteiger partial charge in [-0.3, -0.25) is 24.0 Å². The molecule has 0 aromatic heterocycles. The Balaban J connectivity index is 1.95. The number of aliphatic hydroxyl groups excluding tert-OH is 2. The van der Waals surface area contributed by atoms with Crippen LogP contribution < -0.4 is 31.3 Å². The van der Waals surface area contributed by atoms with Crippen LogP contribution >= 0.6 is 0 Å². The van der Waals surface area contributed by atoms with Gasteiger partial charge in [-0.05, 0) is 30.9 Å². The van der Waals surface area contributed by atoms with Gasteiger partial charge in [0, 0.05) is 6.54 Å². The van der Waals surface area contributed by atoms with Crippen molar-refractivity contribution in [2.24, 2.45) is 5.92 Å². The number of rotatable bonds is 5. The first-order valence-electron chi connectivity index (χ1n) is 14.1. The van der Waals surface area contributed by atoms with Crippen molar-refractivity contribution in [2.75, 3.05) is 26.3 Å². The molecule has 0 radical (unpaired) electrons. The van der Waals surface area contributed by atoms with Crippen LogP contribution in [0, 0.1) is 5.92 Å². The van der Waals surface area contributed by atoms with E-state index < -0.39 is 66.3 Å². The third-order valence-corrected chi connectivity index (χ3v) is 7.28. The Kier molecular flexibility index (Phi) is 11.5. The summed E-state index contributed by atoms with van der Waals surface area (Å²) in [5.41, 5.74) is -1.18. The molecule has 1 saturated carbocycles. The van der Waals surface area contributed by atoms with E-state index >= 15 is 0 Å². The Morgan fingerprint density at radius 2 is 1.80 bits per heavy atom. The molecule has 13 heteroatoms. The molecule has 7 N–H and O–H groups in total. The lowest BCUT2D eigenvalue weighted by atomic mass is 9.80. The van der Waals surface area contributed by atoms with E-state index in [0.717, 1.165) is 6.42 Å². The number of ether oxygens (including phenoxy) is 1. The average Bonchev–Trinajstić information content (AvgIpc) is 2.95. The van der Waals surface area contributed by atoms with Gasteiger partial charge in [0.2, 0.25) is 23.6 Å². The molecular weight excluding hydrogens is 534 g/mol. The molecule has 1 heterocycles. The van der Waals surface area contributed by atoms with Crippen molar-refractivity contribution in [3.8, 4) is 5.75 Å². The monoisotopic (exact) mass is 575 g/mol. The van der Waals surface area contributed by atoms with Gasteiger partial charge in [-0.15, -0.1) is 0 Å². The lowest BCUT2D eigenvalue weighted by Gasteiger charge is -2.38. The number of aliphatic hydroxyl groups is 2. The number of hydrogen-bond acceptors (Lipinski definition) is 8. The van der Waals surface area contributed by atoms with Crippen molar-refractivity contribution in [1.82, 2.24) is 26.6 Å². The van der Waals surface area contributed by atoms with Gasteiger partial charge in [0.05, 0.1) is 31.2 Å². The highest BCUT2D eigenvalue weighted by Gasteiger charge is 2.43. The molecule has 0 bridgehead atoms. The maximum absolute atomic E-state index is 13.6. The molecule has 3 rings (SSSR count). The van der Waals surface area contributed by atoms with E-state index in [2.05, 4.69) is 26.6 Å². The minimum atomic E-state index is -1.37. The number of benzene rings is 1. The quantitative estimate of drug-likeness (QED) is 0.235. The van der Waals surface area contributed by atoms with Crippen LogP contribution in [0.25, 0.3) is 0 Å². The first-order chi connectivity index (χ1) is 19.6. The number of amides is 5. The number of hydrogen-bond donors (Lipinski definition) is 7. The Morgan fingerprint density at radius 3 is 2.49 bits per heavy atom. The second-order valence-electron chi connectivity index (χ2n) is 10.8. The molecule has 1 spiro atoms. The van der Waals surface area contributed by atoms with E-state index in [1.165, 1.54) is 6.07 Å². The summed E-state index contributed by atoms with van der Waals surface area (Å²) in [6.07, 6.45) is 1.21. The summed E-state index contributed by atoms with van der Waals surface area (Å²) >= 11 is 0. The van der Waals surface area contributed by atoms with Gasteiger partial charge < -0.3 is 41.5 Å². The SMILES string of the molecule is CC(C)[C@H]1NC(=O)C2(CCCCC2)NC(=O)C[C@@H](C(=O)NC[C@@H](O)CO)NC(=O)c2ccccc2OCCNC1=O. The molecule has 5 amide bonds. The molecule has 3 atom stereocenters. The molecule has 1 fully saturated rings. The molecule has 1 aliphatic heterocycles. The minimum Gasteiger partial charge on any atom is -0.491 e. The van der Waals surface area contributed by atoms with E-state index in [1.54, 1.807) is 32.0 Å². The standard InChI is InChI=1S/C28H41N5O8/c1-17(2)23-26(39)29-12-13-41-21-9-5-4-8-19(21)24(37)31-20(25(38)30-15-18(35)16-34)14-22(36)33-28(27(40)32-23)10-6-3-7-11-28/h4-5,8-9,17-18,20,23,34-35H,3,6-7,10-16H2,1-2H3,(H,29,39)(H,30,38)(H,31,37)(H,32,40)(H,33,36)/t18-,20+,23-/m1/s1. The molecule has 1 aliphatic carbocycles. The number of fused-ring (bicyclic) bond motifs is 1. The Labute approximate surface area is 239 Å². The van der Waals surface area contributed by atoms with Crippen LogP contribution in [-0.4, -0.2) is 89.8 Å². The maximum Gasteiger partial charge on any atom is 0.255 e. The summed E-state index contributed by atoms with van der Waals surface area (Å²) in [6, 6.07) is 4.11. The van der Waals surface area contributed by atoms with Gasteiger partial charge in [0.1, 0.15) is 30.0 Å². The van der Waals surface area contributed by atoms with Crippen LogP contribution in [0.5, 0.6) is 5.75 Å². The number of carbonyl (C=O) groups is 5. The van der Waals surface area contributed by atoms with Gasteiger partial charge in [-0.2, -0.15) is 0 Å². The van der Waals surface area contributed by atoms with E-state index in [0.29, 0.717) is 25.7 Å². The Bertz CT molecular complexity index is 1100. The second kappa shape index (κ2) is 14.8. The van der Waals surface area contributed by atoms with E-state index in [9.17, 15) is 29.1 Å². The van der Waals surface area contributed by atoms with Gasteiger partial charge in [0.25, 0.3) is 5.91 Å². The van der Waals surface area contributed by atoms with Crippen molar-refractivity contribution >= 4 is 29.5 Å². The van der Waals surface area contributed by atoms with Crippen molar-refractivity contribution in [1.29, 1.82) is 0 Å². The van der Waals surface area contributed by atoms with Crippen LogP contribution in [0.15, 0.2) is 24.3 Å². The van der Waals surface area contributed by atoms with Crippen molar-refractivity contribution < 1.29 is 38.9 Å². The van der Waals surface area contributed by atoms with E-state index in [1.807, 2.05) is 0 Å². The van der Waals surface area contributed by atoms with Gasteiger partial charge >= 0.3 is 0 Å². The Morgan fingerprint density at radius 1 is 1.10 bits per heavy atom. The van der Waals surface area contributed by atoms with Gasteiger partial charge in [-0.1, -0.05) is 45.2 Å². The lowest BCUT2D eigenvalue weighted by Crippen LogP contribution is -2.64. The van der Waals surface area contributed by atoms with Crippen LogP contribution in [0.3, 0.4) is 0 Å². The zero-order valence-electron chi connectivity index (χ0n) is 23.5. The largest absolute Gasteiger partial charge is 0.491 e. The number of para-hydroxylation sites is 1. The zero-order chi connectivity index (χ0) is 30.0. The highest BCUT2D eigenvalue weighted by atomic mass is 16.5.